The van der Waals surface area contributed by atoms with Crippen LogP contribution < -0.4 is 5.32 Å². The smallest absolute Gasteiger partial charge is 0.307 e. The monoisotopic (exact) mass is 375 g/mol. The molecule has 5 nitrogen and oxygen atoms in total. The molecule has 0 aliphatic heterocycles. The van der Waals surface area contributed by atoms with Crippen LogP contribution in [0.4, 0.5) is 14.5 Å². The zero-order chi connectivity index (χ0) is 20.0. The van der Waals surface area contributed by atoms with E-state index in [1.54, 1.807) is 24.3 Å². The van der Waals surface area contributed by atoms with Crippen molar-refractivity contribution in [1.29, 1.82) is 0 Å². The van der Waals surface area contributed by atoms with Crippen molar-refractivity contribution in [3.8, 4) is 0 Å². The number of nitrogens with one attached hydrogen (secondary N) is 1. The van der Waals surface area contributed by atoms with Crippen molar-refractivity contribution in [2.45, 2.75) is 32.8 Å². The minimum Gasteiger partial charge on any atom is -0.453 e. The second kappa shape index (κ2) is 9.02. The number of ketones is 1. The molecule has 2 aromatic carbocycles. The molecular weight excluding hydrogens is 356 g/mol. The summed E-state index contributed by atoms with van der Waals surface area (Å²) in [6, 6.07) is 10.1. The second-order valence-electron chi connectivity index (χ2n) is 6.01. The van der Waals surface area contributed by atoms with Gasteiger partial charge in [0.1, 0.15) is 17.3 Å². The number of halogens is 2. The van der Waals surface area contributed by atoms with Gasteiger partial charge in [-0.05, 0) is 26.0 Å². The fraction of sp³-hybridized carbons (Fsp3) is 0.250. The van der Waals surface area contributed by atoms with Crippen molar-refractivity contribution in [2.24, 2.45) is 0 Å². The summed E-state index contributed by atoms with van der Waals surface area (Å²) < 4.78 is 32.0. The molecule has 0 spiro atoms. The fourth-order valence-electron chi connectivity index (χ4n) is 2.25. The first-order chi connectivity index (χ1) is 12.8. The Morgan fingerprint density at radius 3 is 2.19 bits per heavy atom. The number of aryl methyl sites for hydroxylation is 1. The van der Waals surface area contributed by atoms with Gasteiger partial charge in [0, 0.05) is 12.0 Å². The lowest BCUT2D eigenvalue weighted by Crippen LogP contribution is -2.30. The van der Waals surface area contributed by atoms with Gasteiger partial charge in [-0.15, -0.1) is 0 Å². The quantitative estimate of drug-likeness (QED) is 0.590. The maximum atomic E-state index is 13.5. The number of benzene rings is 2. The number of carbonyl (C=O) groups excluding carboxylic acids is 3. The zero-order valence-corrected chi connectivity index (χ0v) is 14.9. The van der Waals surface area contributed by atoms with E-state index < -0.39 is 35.3 Å². The maximum absolute atomic E-state index is 13.5. The van der Waals surface area contributed by atoms with Gasteiger partial charge in [-0.2, -0.15) is 0 Å². The van der Waals surface area contributed by atoms with Crippen LogP contribution in [-0.2, 0) is 14.3 Å². The average molecular weight is 375 g/mol. The van der Waals surface area contributed by atoms with Crippen molar-refractivity contribution in [1.82, 2.24) is 0 Å². The van der Waals surface area contributed by atoms with Crippen LogP contribution in [0.25, 0.3) is 0 Å². The molecule has 142 valence electrons. The van der Waals surface area contributed by atoms with Gasteiger partial charge >= 0.3 is 5.97 Å². The predicted octanol–water partition coefficient (Wildman–Crippen LogP) is 3.81. The number of hydrogen-bond donors (Lipinski definition) is 1. The molecule has 0 radical (unpaired) electrons. The van der Waals surface area contributed by atoms with Gasteiger partial charge in [-0.25, -0.2) is 8.78 Å². The first-order valence-electron chi connectivity index (χ1n) is 8.32. The summed E-state index contributed by atoms with van der Waals surface area (Å²) in [6.45, 7) is 3.17. The van der Waals surface area contributed by atoms with E-state index in [0.29, 0.717) is 5.56 Å². The van der Waals surface area contributed by atoms with Gasteiger partial charge < -0.3 is 10.1 Å². The molecule has 27 heavy (non-hydrogen) atoms. The van der Waals surface area contributed by atoms with Crippen molar-refractivity contribution in [2.75, 3.05) is 5.32 Å². The molecule has 0 heterocycles. The summed E-state index contributed by atoms with van der Waals surface area (Å²) in [5.41, 5.74) is 0.881. The normalized spacial score (nSPS) is 11.6. The highest BCUT2D eigenvalue weighted by Gasteiger charge is 2.21. The van der Waals surface area contributed by atoms with Crippen molar-refractivity contribution in [3.05, 3.63) is 65.2 Å². The highest BCUT2D eigenvalue weighted by atomic mass is 19.1. The third-order valence-corrected chi connectivity index (χ3v) is 3.82. The van der Waals surface area contributed by atoms with Gasteiger partial charge in [-0.3, -0.25) is 14.4 Å². The van der Waals surface area contributed by atoms with E-state index in [-0.39, 0.29) is 18.6 Å². The SMILES string of the molecule is Cc1ccc(C(=O)CCC(=O)O[C@@H](C)C(=O)Nc2c(F)cccc2F)cc1. The first kappa shape index (κ1) is 20.2. The lowest BCUT2D eigenvalue weighted by Gasteiger charge is -2.14. The van der Waals surface area contributed by atoms with E-state index in [4.69, 9.17) is 4.74 Å². The number of para-hydroxylation sites is 1. The third kappa shape index (κ3) is 5.70. The molecule has 1 N–H and O–H groups in total. The maximum Gasteiger partial charge on any atom is 0.307 e. The van der Waals surface area contributed by atoms with Crippen molar-refractivity contribution >= 4 is 23.3 Å². The Morgan fingerprint density at radius 2 is 1.59 bits per heavy atom. The van der Waals surface area contributed by atoms with Crippen LogP contribution >= 0.6 is 0 Å². The lowest BCUT2D eigenvalue weighted by molar-refractivity contribution is -0.153. The largest absolute Gasteiger partial charge is 0.453 e. The number of ether oxygens (including phenoxy) is 1. The minimum atomic E-state index is -1.27. The first-order valence-corrected chi connectivity index (χ1v) is 8.32. The summed E-state index contributed by atoms with van der Waals surface area (Å²) in [5.74, 6) is -3.74. The summed E-state index contributed by atoms with van der Waals surface area (Å²) >= 11 is 0. The minimum absolute atomic E-state index is 0.0713. The lowest BCUT2D eigenvalue weighted by atomic mass is 10.1. The molecule has 0 aliphatic carbocycles. The second-order valence-corrected chi connectivity index (χ2v) is 6.01. The number of amides is 1. The number of hydrogen-bond acceptors (Lipinski definition) is 4. The Labute approximate surface area is 155 Å². The highest BCUT2D eigenvalue weighted by Crippen LogP contribution is 2.18. The highest BCUT2D eigenvalue weighted by molar-refractivity contribution is 5.98. The number of rotatable bonds is 7. The van der Waals surface area contributed by atoms with Crippen LogP contribution in [0.15, 0.2) is 42.5 Å². The Kier molecular flexibility index (Phi) is 6.76. The van der Waals surface area contributed by atoms with Crippen LogP contribution in [0.1, 0.15) is 35.7 Å². The van der Waals surface area contributed by atoms with E-state index in [1.807, 2.05) is 12.2 Å². The molecule has 2 aromatic rings. The van der Waals surface area contributed by atoms with Crippen LogP contribution in [0.3, 0.4) is 0 Å². The molecule has 0 unspecified atom stereocenters. The molecule has 0 bridgehead atoms. The predicted molar refractivity (Wildman–Crippen MR) is 95.3 cm³/mol. The molecular formula is C20H19F2NO4. The summed E-state index contributed by atoms with van der Waals surface area (Å²) in [6.07, 6.45) is -1.55. The third-order valence-electron chi connectivity index (χ3n) is 3.82. The van der Waals surface area contributed by atoms with Gasteiger partial charge in [-0.1, -0.05) is 35.9 Å². The molecule has 0 fully saturated rings. The van der Waals surface area contributed by atoms with E-state index in [9.17, 15) is 23.2 Å². The topological polar surface area (TPSA) is 72.5 Å². The molecule has 7 heteroatoms. The summed E-state index contributed by atoms with van der Waals surface area (Å²) in [5, 5.41) is 2.05. The number of Topliss-reactive ketones (excluding diaryl/α,β-unsaturated/α-hetero) is 1. The van der Waals surface area contributed by atoms with Crippen LogP contribution in [0.2, 0.25) is 0 Å². The molecule has 2 rings (SSSR count). The Bertz CT molecular complexity index is 829. The zero-order valence-electron chi connectivity index (χ0n) is 14.9. The number of anilines is 1. The van der Waals surface area contributed by atoms with Crippen molar-refractivity contribution in [3.63, 3.8) is 0 Å². The number of esters is 1. The van der Waals surface area contributed by atoms with E-state index in [2.05, 4.69) is 0 Å². The van der Waals surface area contributed by atoms with Crippen LogP contribution in [0, 0.1) is 18.6 Å². The van der Waals surface area contributed by atoms with E-state index >= 15 is 0 Å². The average Bonchev–Trinajstić information content (AvgIpc) is 2.63. The molecule has 0 saturated carbocycles. The molecule has 1 atom stereocenters. The molecule has 0 saturated heterocycles. The summed E-state index contributed by atoms with van der Waals surface area (Å²) in [7, 11) is 0. The standard InChI is InChI=1S/C20H19F2NO4/c1-12-6-8-14(9-7-12)17(24)10-11-18(25)27-13(2)20(26)23-19-15(21)4-3-5-16(19)22/h3-9,13H,10-11H2,1-2H3,(H,23,26)/t13-/m0/s1. The van der Waals surface area contributed by atoms with Crippen LogP contribution in [-0.4, -0.2) is 23.8 Å². The summed E-state index contributed by atoms with van der Waals surface area (Å²) in [4.78, 5) is 35.8. The molecule has 0 aliphatic rings. The van der Waals surface area contributed by atoms with Gasteiger partial charge in [0.05, 0.1) is 6.42 Å². The number of carbonyl (C=O) groups is 3. The van der Waals surface area contributed by atoms with E-state index in [1.165, 1.54) is 6.92 Å². The van der Waals surface area contributed by atoms with E-state index in [0.717, 1.165) is 23.8 Å². The Hall–Kier alpha value is -3.09. The van der Waals surface area contributed by atoms with Crippen molar-refractivity contribution < 1.29 is 27.9 Å². The van der Waals surface area contributed by atoms with Gasteiger partial charge in [0.25, 0.3) is 5.91 Å². The molecule has 0 aromatic heterocycles. The Morgan fingerprint density at radius 1 is 1.00 bits per heavy atom. The fourth-order valence-corrected chi connectivity index (χ4v) is 2.25. The molecule has 1 amide bonds. The Balaban J connectivity index is 1.85. The van der Waals surface area contributed by atoms with Crippen LogP contribution in [0.5, 0.6) is 0 Å². The van der Waals surface area contributed by atoms with Gasteiger partial charge in [0.2, 0.25) is 0 Å². The van der Waals surface area contributed by atoms with Gasteiger partial charge in [0.15, 0.2) is 11.9 Å².